The molecule has 2 aromatic carbocycles. The summed E-state index contributed by atoms with van der Waals surface area (Å²) in [5.41, 5.74) is 10.1. The van der Waals surface area contributed by atoms with Gasteiger partial charge >= 0.3 is 5.97 Å². The average Bonchev–Trinajstić information content (AvgIpc) is 3.18. The first-order valence-corrected chi connectivity index (χ1v) is 11.8. The van der Waals surface area contributed by atoms with Gasteiger partial charge in [-0.3, -0.25) is 14.9 Å². The van der Waals surface area contributed by atoms with Gasteiger partial charge in [0.05, 0.1) is 30.8 Å². The predicted molar refractivity (Wildman–Crippen MR) is 136 cm³/mol. The van der Waals surface area contributed by atoms with E-state index >= 15 is 0 Å². The van der Waals surface area contributed by atoms with E-state index in [0.717, 1.165) is 47.0 Å². The number of fused-ring (bicyclic) bond motifs is 1. The molecule has 1 fully saturated rings. The van der Waals surface area contributed by atoms with Crippen LogP contribution in [0.2, 0.25) is 0 Å². The Labute approximate surface area is 208 Å². The second-order valence-electron chi connectivity index (χ2n) is 8.83. The van der Waals surface area contributed by atoms with Crippen LogP contribution < -0.4 is 15.2 Å². The first-order valence-electron chi connectivity index (χ1n) is 11.8. The molecule has 0 unspecified atom stereocenters. The van der Waals surface area contributed by atoms with Gasteiger partial charge in [0.25, 0.3) is 0 Å². The third-order valence-electron chi connectivity index (χ3n) is 6.57. The Kier molecular flexibility index (Phi) is 6.28. The number of ether oxygens (including phenoxy) is 2. The first-order chi connectivity index (χ1) is 17.5. The fourth-order valence-electron chi connectivity index (χ4n) is 4.57. The summed E-state index contributed by atoms with van der Waals surface area (Å²) < 4.78 is 13.8. The minimum atomic E-state index is -0.906. The van der Waals surface area contributed by atoms with E-state index in [1.54, 1.807) is 18.3 Å². The molecule has 36 heavy (non-hydrogen) atoms. The van der Waals surface area contributed by atoms with Crippen LogP contribution in [0.5, 0.6) is 11.5 Å². The largest absolute Gasteiger partial charge is 0.494 e. The highest BCUT2D eigenvalue weighted by atomic mass is 16.5. The fourth-order valence-corrected chi connectivity index (χ4v) is 4.57. The van der Waals surface area contributed by atoms with Crippen LogP contribution in [0.4, 0.5) is 0 Å². The Morgan fingerprint density at radius 1 is 1.22 bits per heavy atom. The maximum Gasteiger partial charge on any atom is 0.307 e. The maximum atomic E-state index is 11.3. The fraction of sp³-hybridized carbons (Fsp3) is 0.259. The molecule has 2 aromatic heterocycles. The summed E-state index contributed by atoms with van der Waals surface area (Å²) in [4.78, 5) is 15.5. The predicted octanol–water partition coefficient (Wildman–Crippen LogP) is 4.32. The number of carboxylic acid groups (broad SMARTS) is 1. The van der Waals surface area contributed by atoms with Gasteiger partial charge in [-0.15, -0.1) is 0 Å². The number of nitrogens with two attached hydrogens (primary N) is 1. The highest BCUT2D eigenvalue weighted by molar-refractivity contribution is 5.98. The Balaban J connectivity index is 1.57. The Morgan fingerprint density at radius 3 is 2.72 bits per heavy atom. The standard InChI is InChI=1S/C27H27N5O4/c1-35-26-19(11-12-30-25(26)27(28)29)16-9-10-21-20(13-16)22(32(31-21)18-6-4-7-18)15-36-23-8-3-2-5-17(23)14-24(33)34/h2-3,5,8-13,18H,4,6-7,14-15H2,1H3,(H3,28,29)(H,33,34). The molecular weight excluding hydrogens is 458 g/mol. The minimum absolute atomic E-state index is 0.108. The Morgan fingerprint density at radius 2 is 2.03 bits per heavy atom. The van der Waals surface area contributed by atoms with Gasteiger partial charge in [0, 0.05) is 22.7 Å². The second-order valence-corrected chi connectivity index (χ2v) is 8.83. The van der Waals surface area contributed by atoms with Gasteiger partial charge in [-0.05, 0) is 49.1 Å². The van der Waals surface area contributed by atoms with Gasteiger partial charge in [-0.2, -0.15) is 5.10 Å². The lowest BCUT2D eigenvalue weighted by molar-refractivity contribution is -0.136. The van der Waals surface area contributed by atoms with Crippen LogP contribution in [-0.4, -0.2) is 38.8 Å². The van der Waals surface area contributed by atoms with Crippen molar-refractivity contribution >= 4 is 22.7 Å². The number of nitrogens with zero attached hydrogens (tertiary/aromatic N) is 3. The molecule has 9 heteroatoms. The maximum absolute atomic E-state index is 11.3. The number of amidine groups is 1. The van der Waals surface area contributed by atoms with Gasteiger partial charge in [0.15, 0.2) is 5.75 Å². The molecular formula is C27H27N5O4. The summed E-state index contributed by atoms with van der Waals surface area (Å²) in [6.07, 6.45) is 4.78. The number of para-hydroxylation sites is 1. The molecule has 1 aliphatic carbocycles. The number of carboxylic acids is 1. The van der Waals surface area contributed by atoms with Crippen molar-refractivity contribution in [1.29, 1.82) is 5.41 Å². The number of hydrogen-bond acceptors (Lipinski definition) is 6. The van der Waals surface area contributed by atoms with E-state index in [-0.39, 0.29) is 18.9 Å². The second kappa shape index (κ2) is 9.69. The molecule has 1 saturated carbocycles. The van der Waals surface area contributed by atoms with Crippen molar-refractivity contribution in [2.75, 3.05) is 7.11 Å². The van der Waals surface area contributed by atoms with Crippen LogP contribution in [0.1, 0.15) is 42.3 Å². The van der Waals surface area contributed by atoms with Crippen molar-refractivity contribution in [3.63, 3.8) is 0 Å². The van der Waals surface area contributed by atoms with E-state index in [2.05, 4.69) is 9.67 Å². The SMILES string of the molecule is COc1c(-c2ccc3nn(C4CCC4)c(COc4ccccc4CC(=O)O)c3c2)ccnc1C(=N)N. The number of hydrogen-bond donors (Lipinski definition) is 3. The first kappa shape index (κ1) is 23.3. The highest BCUT2D eigenvalue weighted by Crippen LogP contribution is 2.38. The number of pyridine rings is 1. The van der Waals surface area contributed by atoms with Crippen LogP contribution in [0.15, 0.2) is 54.7 Å². The van der Waals surface area contributed by atoms with Crippen molar-refractivity contribution in [2.45, 2.75) is 38.3 Å². The van der Waals surface area contributed by atoms with Crippen LogP contribution in [0, 0.1) is 5.41 Å². The lowest BCUT2D eigenvalue weighted by atomic mass is 9.93. The van der Waals surface area contributed by atoms with Crippen molar-refractivity contribution < 1.29 is 19.4 Å². The summed E-state index contributed by atoms with van der Waals surface area (Å²) in [6.45, 7) is 0.249. The van der Waals surface area contributed by atoms with E-state index in [9.17, 15) is 9.90 Å². The molecule has 0 aliphatic heterocycles. The van der Waals surface area contributed by atoms with Gasteiger partial charge in [-0.1, -0.05) is 24.3 Å². The van der Waals surface area contributed by atoms with Crippen molar-refractivity contribution in [3.05, 3.63) is 71.7 Å². The van der Waals surface area contributed by atoms with Gasteiger partial charge in [0.2, 0.25) is 0 Å². The monoisotopic (exact) mass is 485 g/mol. The number of carbonyl (C=O) groups is 1. The molecule has 5 rings (SSSR count). The van der Waals surface area contributed by atoms with E-state index < -0.39 is 5.97 Å². The average molecular weight is 486 g/mol. The summed E-state index contributed by atoms with van der Waals surface area (Å²) in [5.74, 6) is -0.0813. The Hall–Kier alpha value is -4.40. The smallest absolute Gasteiger partial charge is 0.307 e. The van der Waals surface area contributed by atoms with Crippen LogP contribution in [-0.2, 0) is 17.8 Å². The Bertz CT molecular complexity index is 1460. The highest BCUT2D eigenvalue weighted by Gasteiger charge is 2.25. The van der Waals surface area contributed by atoms with E-state index in [4.69, 9.17) is 25.7 Å². The lowest BCUT2D eigenvalue weighted by Crippen LogP contribution is -2.21. The lowest BCUT2D eigenvalue weighted by Gasteiger charge is -2.27. The van der Waals surface area contributed by atoms with Gasteiger partial charge in [0.1, 0.15) is 23.9 Å². The van der Waals surface area contributed by atoms with E-state index in [1.165, 1.54) is 7.11 Å². The molecule has 184 valence electrons. The van der Waals surface area contributed by atoms with Gasteiger partial charge in [-0.25, -0.2) is 4.98 Å². The molecule has 0 bridgehead atoms. The molecule has 0 amide bonds. The summed E-state index contributed by atoms with van der Waals surface area (Å²) in [5, 5.41) is 22.9. The molecule has 9 nitrogen and oxygen atoms in total. The van der Waals surface area contributed by atoms with Crippen molar-refractivity contribution in [2.24, 2.45) is 5.73 Å². The zero-order valence-corrected chi connectivity index (χ0v) is 19.9. The number of rotatable bonds is 9. The third-order valence-corrected chi connectivity index (χ3v) is 6.57. The quantitative estimate of drug-likeness (QED) is 0.237. The molecule has 4 aromatic rings. The molecule has 1 aliphatic rings. The molecule has 2 heterocycles. The zero-order chi connectivity index (χ0) is 25.2. The van der Waals surface area contributed by atoms with Crippen LogP contribution in [0.25, 0.3) is 22.0 Å². The van der Waals surface area contributed by atoms with Crippen LogP contribution in [0.3, 0.4) is 0 Å². The molecule has 0 radical (unpaired) electrons. The van der Waals surface area contributed by atoms with E-state index in [1.807, 2.05) is 36.4 Å². The molecule has 0 atom stereocenters. The zero-order valence-electron chi connectivity index (χ0n) is 19.9. The number of aromatic nitrogens is 3. The number of benzene rings is 2. The summed E-state index contributed by atoms with van der Waals surface area (Å²) in [6, 6.07) is 15.3. The van der Waals surface area contributed by atoms with Crippen LogP contribution >= 0.6 is 0 Å². The van der Waals surface area contributed by atoms with E-state index in [0.29, 0.717) is 28.8 Å². The topological polar surface area (TPSA) is 136 Å². The van der Waals surface area contributed by atoms with Crippen molar-refractivity contribution in [3.8, 4) is 22.6 Å². The normalized spacial score (nSPS) is 13.4. The number of aliphatic carboxylic acids is 1. The number of methoxy groups -OCH3 is 1. The minimum Gasteiger partial charge on any atom is -0.494 e. The summed E-state index contributed by atoms with van der Waals surface area (Å²) in [7, 11) is 1.54. The number of nitrogens with one attached hydrogen (secondary N) is 1. The molecule has 4 N–H and O–H groups in total. The molecule has 0 saturated heterocycles. The third kappa shape index (κ3) is 4.35. The molecule has 0 spiro atoms. The van der Waals surface area contributed by atoms with Crippen molar-refractivity contribution in [1.82, 2.24) is 14.8 Å². The summed E-state index contributed by atoms with van der Waals surface area (Å²) >= 11 is 0. The van der Waals surface area contributed by atoms with Gasteiger partial charge < -0.3 is 20.3 Å². The number of nitrogen functional groups attached to an aromatic ring is 1.